The van der Waals surface area contributed by atoms with Gasteiger partial charge in [0.15, 0.2) is 0 Å². The third kappa shape index (κ3) is 7.51. The third-order valence-corrected chi connectivity index (χ3v) is 17.5. The van der Waals surface area contributed by atoms with Crippen LogP contribution in [0.3, 0.4) is 0 Å². The van der Waals surface area contributed by atoms with Crippen LogP contribution < -0.4 is 0 Å². The fourth-order valence-corrected chi connectivity index (χ4v) is 15.8. The summed E-state index contributed by atoms with van der Waals surface area (Å²) in [5.74, 6) is 3.60. The normalized spacial score (nSPS) is 31.3. The molecule has 318 valence electrons. The van der Waals surface area contributed by atoms with E-state index in [2.05, 4.69) is 206 Å². The Morgan fingerprint density at radius 2 is 0.578 bits per heavy atom. The van der Waals surface area contributed by atoms with E-state index in [1.165, 1.54) is 122 Å². The second-order valence-electron chi connectivity index (χ2n) is 21.8. The van der Waals surface area contributed by atoms with Gasteiger partial charge in [0.2, 0.25) is 0 Å². The highest BCUT2D eigenvalue weighted by molar-refractivity contribution is 5.77. The number of hydrogen-bond acceptors (Lipinski definition) is 0. The van der Waals surface area contributed by atoms with E-state index in [1.54, 1.807) is 11.1 Å². The lowest BCUT2D eigenvalue weighted by atomic mass is 9.29. The Balaban J connectivity index is 1.02. The van der Waals surface area contributed by atoms with Crippen molar-refractivity contribution in [3.63, 3.8) is 0 Å². The summed E-state index contributed by atoms with van der Waals surface area (Å²) in [7, 11) is 0. The van der Waals surface area contributed by atoms with Crippen LogP contribution in [0.2, 0.25) is 0 Å². The van der Waals surface area contributed by atoms with Gasteiger partial charge in [0, 0.05) is 0 Å². The Morgan fingerprint density at radius 3 is 0.906 bits per heavy atom. The van der Waals surface area contributed by atoms with Crippen LogP contribution in [-0.4, -0.2) is 0 Å². The van der Waals surface area contributed by atoms with Gasteiger partial charge in [0.05, 0.1) is 0 Å². The van der Waals surface area contributed by atoms with E-state index in [9.17, 15) is 0 Å². The maximum Gasteiger partial charge on any atom is -0.00299 e. The number of rotatable bonds is 11. The number of benzene rings is 6. The number of hydrogen-bond donors (Lipinski definition) is 0. The first-order valence-electron chi connectivity index (χ1n) is 24.6. The lowest BCUT2D eigenvalue weighted by Gasteiger charge is -2.75. The molecule has 64 heavy (non-hydrogen) atoms. The summed E-state index contributed by atoms with van der Waals surface area (Å²) in [6.45, 7) is 0. The topological polar surface area (TPSA) is 0 Å². The van der Waals surface area contributed by atoms with E-state index >= 15 is 0 Å². The summed E-state index contributed by atoms with van der Waals surface area (Å²) < 4.78 is 0. The van der Waals surface area contributed by atoms with Crippen molar-refractivity contribution >= 4 is 48.6 Å². The Labute approximate surface area is 382 Å². The van der Waals surface area contributed by atoms with Gasteiger partial charge in [-0.05, 0) is 190 Å². The molecule has 0 radical (unpaired) electrons. The van der Waals surface area contributed by atoms with E-state index in [0.29, 0.717) is 10.8 Å². The first-order chi connectivity index (χ1) is 31.4. The summed E-state index contributed by atoms with van der Waals surface area (Å²) in [6.07, 6.45) is 35.9. The zero-order valence-corrected chi connectivity index (χ0v) is 37.4. The first kappa shape index (κ1) is 39.8. The van der Waals surface area contributed by atoms with Gasteiger partial charge in [-0.2, -0.15) is 0 Å². The third-order valence-electron chi connectivity index (χ3n) is 17.5. The molecule has 0 aliphatic heterocycles. The first-order valence-corrected chi connectivity index (χ1v) is 24.6. The van der Waals surface area contributed by atoms with Crippen molar-refractivity contribution in [3.05, 3.63) is 213 Å². The molecule has 0 N–H and O–H groups in total. The van der Waals surface area contributed by atoms with Crippen LogP contribution in [0, 0.1) is 34.5 Å². The van der Waals surface area contributed by atoms with Crippen molar-refractivity contribution in [1.29, 1.82) is 0 Å². The minimum atomic E-state index is 0.130. The van der Waals surface area contributed by atoms with Crippen molar-refractivity contribution < 1.29 is 0 Å². The minimum absolute atomic E-state index is 0.130. The van der Waals surface area contributed by atoms with E-state index in [1.807, 2.05) is 0 Å². The van der Waals surface area contributed by atoms with Gasteiger partial charge < -0.3 is 0 Å². The predicted molar refractivity (Wildman–Crippen MR) is 272 cm³/mol. The molecular formula is C64H62. The quantitative estimate of drug-likeness (QED) is 0.114. The van der Waals surface area contributed by atoms with Crippen molar-refractivity contribution in [1.82, 2.24) is 0 Å². The predicted octanol–water partition coefficient (Wildman–Crippen LogP) is 16.7. The molecule has 0 saturated heterocycles. The summed E-state index contributed by atoms with van der Waals surface area (Å²) in [4.78, 5) is 0. The lowest BCUT2D eigenvalue weighted by molar-refractivity contribution is -0.213. The molecule has 0 aromatic heterocycles. The molecule has 2 unspecified atom stereocenters. The molecule has 0 nitrogen and oxygen atoms in total. The van der Waals surface area contributed by atoms with Gasteiger partial charge in [0.25, 0.3) is 0 Å². The van der Waals surface area contributed by atoms with Crippen LogP contribution in [0.1, 0.15) is 133 Å². The average Bonchev–Trinajstić information content (AvgIpc) is 3.32. The average molecular weight is 831 g/mol. The molecule has 6 aromatic rings. The highest BCUT2D eigenvalue weighted by atomic mass is 14.7. The van der Waals surface area contributed by atoms with Crippen molar-refractivity contribution in [3.8, 4) is 0 Å². The van der Waals surface area contributed by atoms with E-state index in [0.717, 1.165) is 23.7 Å². The van der Waals surface area contributed by atoms with Crippen LogP contribution in [0.15, 0.2) is 158 Å². The summed E-state index contributed by atoms with van der Waals surface area (Å²) in [5.41, 5.74) is 14.6. The smallest absolute Gasteiger partial charge is 0.00299 e. The molecule has 8 saturated carbocycles. The van der Waals surface area contributed by atoms with Crippen LogP contribution >= 0.6 is 0 Å². The molecule has 0 amide bonds. The molecule has 8 bridgehead atoms. The zero-order valence-electron chi connectivity index (χ0n) is 37.4. The Kier molecular flexibility index (Phi) is 10.00. The van der Waals surface area contributed by atoms with Crippen molar-refractivity contribution in [2.24, 2.45) is 34.5 Å². The second kappa shape index (κ2) is 16.1. The van der Waals surface area contributed by atoms with Gasteiger partial charge in [-0.1, -0.05) is 194 Å². The molecule has 8 aliphatic carbocycles. The van der Waals surface area contributed by atoms with Crippen molar-refractivity contribution in [2.75, 3.05) is 0 Å². The standard InChI is InChI=1S/C64H62/c1-5-13-47(14-6-1)21-25-51-29-52(26-22-48-15-7-2-8-16-48)35-59(34-51)61-38-58-39-62(44-61,46-64(43-58,45-61)63-40-55-31-56(41-63)33-57(32-55)42-63)60-36-53(27-23-49-17-9-3-10-18-49)30-54(37-60)28-24-50-19-11-4-12-20-50/h1-30,34-37,55-58H,31-33,38-46H2. The Bertz CT molecular complexity index is 2410. The second-order valence-corrected chi connectivity index (χ2v) is 21.8. The molecule has 6 aromatic carbocycles. The largest absolute Gasteiger partial charge is 0.0622 e. The molecule has 2 atom stereocenters. The lowest BCUT2D eigenvalue weighted by Crippen LogP contribution is -2.67. The van der Waals surface area contributed by atoms with Gasteiger partial charge in [0.1, 0.15) is 0 Å². The minimum Gasteiger partial charge on any atom is -0.0622 e. The van der Waals surface area contributed by atoms with Crippen molar-refractivity contribution in [2.45, 2.75) is 87.9 Å². The zero-order chi connectivity index (χ0) is 42.6. The van der Waals surface area contributed by atoms with Crippen LogP contribution in [0.5, 0.6) is 0 Å². The van der Waals surface area contributed by atoms with E-state index in [-0.39, 0.29) is 10.8 Å². The van der Waals surface area contributed by atoms with Crippen LogP contribution in [0.25, 0.3) is 48.6 Å². The molecule has 8 aliphatic rings. The van der Waals surface area contributed by atoms with E-state index < -0.39 is 0 Å². The summed E-state index contributed by atoms with van der Waals surface area (Å²) >= 11 is 0. The SMILES string of the molecule is C(=Cc1cc(C=Cc2ccccc2)cc(C23CC4CC(c5cc(C=Cc6ccccc6)cc(C=Cc6ccccc6)c5)(C2)CC(C25CC6CC(CC(C6)C2)C5)(C4)C3)c1)c1ccccc1. The van der Waals surface area contributed by atoms with Crippen LogP contribution in [0.4, 0.5) is 0 Å². The van der Waals surface area contributed by atoms with Gasteiger partial charge in [-0.15, -0.1) is 0 Å². The highest BCUT2D eigenvalue weighted by Gasteiger charge is 2.71. The summed E-state index contributed by atoms with van der Waals surface area (Å²) in [6, 6.07) is 58.9. The maximum absolute atomic E-state index is 2.64. The molecule has 14 rings (SSSR count). The fourth-order valence-electron chi connectivity index (χ4n) is 15.8. The van der Waals surface area contributed by atoms with Gasteiger partial charge in [-0.25, -0.2) is 0 Å². The molecule has 0 heteroatoms. The van der Waals surface area contributed by atoms with Gasteiger partial charge >= 0.3 is 0 Å². The maximum atomic E-state index is 2.64. The fraction of sp³-hybridized carbons (Fsp3) is 0.312. The monoisotopic (exact) mass is 830 g/mol. The van der Waals surface area contributed by atoms with Gasteiger partial charge in [-0.3, -0.25) is 0 Å². The van der Waals surface area contributed by atoms with Crippen LogP contribution in [-0.2, 0) is 10.8 Å². The summed E-state index contributed by atoms with van der Waals surface area (Å²) in [5, 5.41) is 0. The molecule has 8 fully saturated rings. The molecular weight excluding hydrogens is 769 g/mol. The molecule has 0 spiro atoms. The molecule has 0 heterocycles. The highest BCUT2D eigenvalue weighted by Crippen LogP contribution is 2.79. The van der Waals surface area contributed by atoms with E-state index in [4.69, 9.17) is 0 Å². The Morgan fingerprint density at radius 1 is 0.281 bits per heavy atom. The Hall–Kier alpha value is -5.72.